The number of benzene rings is 3. The fourth-order valence-electron chi connectivity index (χ4n) is 5.23. The molecule has 9 heteroatoms. The van der Waals surface area contributed by atoms with Crippen molar-refractivity contribution in [2.75, 3.05) is 30.0 Å². The highest BCUT2D eigenvalue weighted by Crippen LogP contribution is 2.44. The Hall–Kier alpha value is -3.98. The van der Waals surface area contributed by atoms with E-state index in [-0.39, 0.29) is 24.4 Å². The Kier molecular flexibility index (Phi) is 6.58. The van der Waals surface area contributed by atoms with Gasteiger partial charge in [0.1, 0.15) is 24.1 Å². The molecular formula is C30H29F3N4O2. The Morgan fingerprint density at radius 3 is 2.46 bits per heavy atom. The summed E-state index contributed by atoms with van der Waals surface area (Å²) in [5.74, 6) is -3.65. The van der Waals surface area contributed by atoms with Crippen LogP contribution in [-0.2, 0) is 22.6 Å². The number of hydrogen-bond acceptors (Lipinski definition) is 5. The lowest BCUT2D eigenvalue weighted by molar-refractivity contribution is -0.121. The van der Waals surface area contributed by atoms with E-state index < -0.39 is 29.3 Å². The summed E-state index contributed by atoms with van der Waals surface area (Å²) in [6.45, 7) is 4.29. The van der Waals surface area contributed by atoms with Gasteiger partial charge in [0, 0.05) is 30.4 Å². The number of aromatic nitrogens is 2. The van der Waals surface area contributed by atoms with E-state index in [1.54, 1.807) is 18.9 Å². The third kappa shape index (κ3) is 4.50. The molecule has 1 aromatic heterocycles. The van der Waals surface area contributed by atoms with Gasteiger partial charge in [0.05, 0.1) is 16.5 Å². The molecule has 0 fully saturated rings. The summed E-state index contributed by atoms with van der Waals surface area (Å²) in [6, 6.07) is 17.1. The third-order valence-corrected chi connectivity index (χ3v) is 7.38. The lowest BCUT2D eigenvalue weighted by Crippen LogP contribution is -2.33. The second kappa shape index (κ2) is 9.64. The molecule has 1 amide bonds. The SMILES string of the molecule is Cc1nc(N(CCc2cccc(C(F)(F)CO)c2F)c2ccccc2)c2cc3c(cc2n1)C(C)(C)C(=O)N3C. The molecular weight excluding hydrogens is 505 g/mol. The standard InChI is InChI=1S/C30H29F3N4O2/c1-18-34-24-16-23-25(36(4)28(39)29(23,2)3)15-21(24)27(35-18)37(20-10-6-5-7-11-20)14-13-19-9-8-12-22(26(19)31)30(32,33)17-38/h5-12,15-16,38H,13-14,17H2,1-4H3. The van der Waals surface area contributed by atoms with E-state index in [0.29, 0.717) is 22.5 Å². The van der Waals surface area contributed by atoms with Crippen molar-refractivity contribution in [3.63, 3.8) is 0 Å². The summed E-state index contributed by atoms with van der Waals surface area (Å²) in [5, 5.41) is 9.79. The van der Waals surface area contributed by atoms with E-state index >= 15 is 4.39 Å². The first-order chi connectivity index (χ1) is 18.5. The molecule has 1 aliphatic rings. The third-order valence-electron chi connectivity index (χ3n) is 7.38. The highest BCUT2D eigenvalue weighted by Gasteiger charge is 2.42. The van der Waals surface area contributed by atoms with E-state index in [1.807, 2.05) is 61.2 Å². The molecule has 0 atom stereocenters. The summed E-state index contributed by atoms with van der Waals surface area (Å²) in [5.41, 5.74) is 1.66. The van der Waals surface area contributed by atoms with Crippen LogP contribution in [-0.4, -0.2) is 41.2 Å². The summed E-state index contributed by atoms with van der Waals surface area (Å²) < 4.78 is 43.5. The van der Waals surface area contributed by atoms with Gasteiger partial charge >= 0.3 is 0 Å². The van der Waals surface area contributed by atoms with Gasteiger partial charge in [0.2, 0.25) is 5.91 Å². The number of amides is 1. The molecule has 1 aliphatic heterocycles. The number of fused-ring (bicyclic) bond motifs is 2. The number of likely N-dealkylation sites (N-methyl/N-ethyl adjacent to an activating group) is 1. The van der Waals surface area contributed by atoms with Crippen molar-refractivity contribution in [3.05, 3.63) is 89.0 Å². The highest BCUT2D eigenvalue weighted by atomic mass is 19.3. The minimum absolute atomic E-state index is 0.0195. The summed E-state index contributed by atoms with van der Waals surface area (Å²) in [4.78, 5) is 25.9. The number of halogens is 3. The van der Waals surface area contributed by atoms with Gasteiger partial charge in [-0.1, -0.05) is 30.3 Å². The molecule has 0 spiro atoms. The minimum Gasteiger partial charge on any atom is -0.390 e. The monoisotopic (exact) mass is 534 g/mol. The van der Waals surface area contributed by atoms with Crippen LogP contribution >= 0.6 is 0 Å². The van der Waals surface area contributed by atoms with Crippen molar-refractivity contribution >= 4 is 34.0 Å². The smallest absolute Gasteiger partial charge is 0.298 e. The van der Waals surface area contributed by atoms with Gasteiger partial charge in [-0.3, -0.25) is 4.79 Å². The largest absolute Gasteiger partial charge is 0.390 e. The fraction of sp³-hybridized carbons (Fsp3) is 0.300. The summed E-state index contributed by atoms with van der Waals surface area (Å²) in [7, 11) is 1.74. The predicted octanol–water partition coefficient (Wildman–Crippen LogP) is 5.80. The lowest BCUT2D eigenvalue weighted by atomic mass is 9.85. The normalized spacial score (nSPS) is 14.7. The zero-order valence-corrected chi connectivity index (χ0v) is 22.2. The minimum atomic E-state index is -3.68. The Bertz CT molecular complexity index is 1570. The quantitative estimate of drug-likeness (QED) is 0.325. The Morgan fingerprint density at radius 2 is 1.77 bits per heavy atom. The van der Waals surface area contributed by atoms with Gasteiger partial charge in [-0.15, -0.1) is 0 Å². The van der Waals surface area contributed by atoms with Gasteiger partial charge in [0.25, 0.3) is 5.92 Å². The maximum atomic E-state index is 15.2. The van der Waals surface area contributed by atoms with E-state index in [1.165, 1.54) is 12.1 Å². The van der Waals surface area contributed by atoms with Gasteiger partial charge < -0.3 is 14.9 Å². The lowest BCUT2D eigenvalue weighted by Gasteiger charge is -2.26. The molecule has 0 saturated heterocycles. The Morgan fingerprint density at radius 1 is 1.05 bits per heavy atom. The number of rotatable bonds is 7. The molecule has 6 nitrogen and oxygen atoms in total. The van der Waals surface area contributed by atoms with E-state index in [9.17, 15) is 13.6 Å². The van der Waals surface area contributed by atoms with Crippen molar-refractivity contribution < 1.29 is 23.1 Å². The van der Waals surface area contributed by atoms with Crippen molar-refractivity contribution in [3.8, 4) is 0 Å². The molecule has 0 radical (unpaired) electrons. The van der Waals surface area contributed by atoms with Gasteiger partial charge in [0.15, 0.2) is 0 Å². The number of aryl methyl sites for hydroxylation is 1. The van der Waals surface area contributed by atoms with Crippen molar-refractivity contribution in [1.82, 2.24) is 9.97 Å². The van der Waals surface area contributed by atoms with Crippen LogP contribution in [0.1, 0.15) is 36.4 Å². The summed E-state index contributed by atoms with van der Waals surface area (Å²) in [6.07, 6.45) is 0.0942. The number of alkyl halides is 2. The highest BCUT2D eigenvalue weighted by molar-refractivity contribution is 6.10. The number of para-hydroxylation sites is 1. The number of hydrogen-bond donors (Lipinski definition) is 1. The van der Waals surface area contributed by atoms with Crippen LogP contribution in [0.5, 0.6) is 0 Å². The van der Waals surface area contributed by atoms with Crippen molar-refractivity contribution in [1.29, 1.82) is 0 Å². The van der Waals surface area contributed by atoms with Crippen LogP contribution in [0.15, 0.2) is 60.7 Å². The summed E-state index contributed by atoms with van der Waals surface area (Å²) >= 11 is 0. The molecule has 2 heterocycles. The predicted molar refractivity (Wildman–Crippen MR) is 145 cm³/mol. The number of carbonyl (C=O) groups is 1. The zero-order valence-electron chi connectivity index (χ0n) is 22.2. The second-order valence-electron chi connectivity index (χ2n) is 10.3. The molecule has 4 aromatic rings. The van der Waals surface area contributed by atoms with E-state index in [4.69, 9.17) is 10.1 Å². The molecule has 0 unspecified atom stereocenters. The topological polar surface area (TPSA) is 69.6 Å². The molecule has 0 aliphatic carbocycles. The Labute approximate surface area is 224 Å². The number of carbonyl (C=O) groups excluding carboxylic acids is 1. The first kappa shape index (κ1) is 26.6. The number of aliphatic hydroxyl groups excluding tert-OH is 1. The van der Waals surface area contributed by atoms with Crippen LogP contribution in [0.2, 0.25) is 0 Å². The Balaban J connectivity index is 1.63. The van der Waals surface area contributed by atoms with Crippen LogP contribution in [0, 0.1) is 12.7 Å². The second-order valence-corrected chi connectivity index (χ2v) is 10.3. The first-order valence-corrected chi connectivity index (χ1v) is 12.7. The molecule has 3 aromatic carbocycles. The molecule has 39 heavy (non-hydrogen) atoms. The van der Waals surface area contributed by atoms with Crippen LogP contribution in [0.25, 0.3) is 10.9 Å². The van der Waals surface area contributed by atoms with E-state index in [2.05, 4.69) is 4.98 Å². The van der Waals surface area contributed by atoms with Crippen molar-refractivity contribution in [2.45, 2.75) is 38.5 Å². The van der Waals surface area contributed by atoms with Gasteiger partial charge in [-0.2, -0.15) is 8.78 Å². The zero-order chi connectivity index (χ0) is 28.1. The number of nitrogens with zero attached hydrogens (tertiary/aromatic N) is 4. The van der Waals surface area contributed by atoms with Crippen LogP contribution in [0.4, 0.5) is 30.4 Å². The molecule has 5 rings (SSSR count). The number of aliphatic hydroxyl groups is 1. The van der Waals surface area contributed by atoms with E-state index in [0.717, 1.165) is 23.0 Å². The van der Waals surface area contributed by atoms with Gasteiger partial charge in [-0.25, -0.2) is 14.4 Å². The molecule has 0 saturated carbocycles. The van der Waals surface area contributed by atoms with Crippen molar-refractivity contribution in [2.24, 2.45) is 0 Å². The average molecular weight is 535 g/mol. The maximum absolute atomic E-state index is 15.2. The maximum Gasteiger partial charge on any atom is 0.298 e. The average Bonchev–Trinajstić information content (AvgIpc) is 3.08. The number of anilines is 3. The molecule has 0 bridgehead atoms. The first-order valence-electron chi connectivity index (χ1n) is 12.7. The van der Waals surface area contributed by atoms with Gasteiger partial charge in [-0.05, 0) is 68.7 Å². The molecule has 1 N–H and O–H groups in total. The molecule has 202 valence electrons. The fourth-order valence-corrected chi connectivity index (χ4v) is 5.23. The van der Waals surface area contributed by atoms with Crippen LogP contribution in [0.3, 0.4) is 0 Å². The van der Waals surface area contributed by atoms with Crippen LogP contribution < -0.4 is 9.80 Å².